The smallest absolute Gasteiger partial charge is 0.108 e. The molecule has 1 aliphatic heterocycles. The second kappa shape index (κ2) is 6.74. The Labute approximate surface area is 122 Å². The summed E-state index contributed by atoms with van der Waals surface area (Å²) in [5, 5.41) is 3.72. The number of hydrogen-bond acceptors (Lipinski definition) is 4. The molecular weight excluding hydrogens is 250 g/mol. The first-order valence-corrected chi connectivity index (χ1v) is 8.03. The van der Waals surface area contributed by atoms with Gasteiger partial charge in [-0.25, -0.2) is 0 Å². The van der Waals surface area contributed by atoms with Crippen LogP contribution in [-0.4, -0.2) is 56.1 Å². The Hall–Kier alpha value is -0.840. The fourth-order valence-corrected chi connectivity index (χ4v) is 3.35. The van der Waals surface area contributed by atoms with Crippen molar-refractivity contribution >= 4 is 0 Å². The number of hydrogen-bond donors (Lipinski definition) is 1. The quantitative estimate of drug-likeness (QED) is 0.833. The second-order valence-electron chi connectivity index (χ2n) is 6.20. The first-order valence-electron chi connectivity index (χ1n) is 8.03. The lowest BCUT2D eigenvalue weighted by Gasteiger charge is -2.32. The standard InChI is InChI=1S/C16H27N3O/c1-18-9-11-19(12-10-18)8-3-7-17-15-4-2-5-16-14(15)6-13-20-16/h6,13,15,17H,2-5,7-12H2,1H3. The lowest BCUT2D eigenvalue weighted by atomic mass is 9.93. The highest BCUT2D eigenvalue weighted by Crippen LogP contribution is 2.30. The Morgan fingerprint density at radius 1 is 1.30 bits per heavy atom. The van der Waals surface area contributed by atoms with Gasteiger partial charge in [0.25, 0.3) is 0 Å². The Morgan fingerprint density at radius 2 is 2.15 bits per heavy atom. The number of fused-ring (bicyclic) bond motifs is 1. The first kappa shape index (κ1) is 14.1. The summed E-state index contributed by atoms with van der Waals surface area (Å²) in [5.74, 6) is 1.20. The molecule has 0 radical (unpaired) electrons. The predicted octanol–water partition coefficient (Wildman–Crippen LogP) is 1.88. The van der Waals surface area contributed by atoms with Crippen LogP contribution < -0.4 is 5.32 Å². The van der Waals surface area contributed by atoms with Gasteiger partial charge >= 0.3 is 0 Å². The van der Waals surface area contributed by atoms with Gasteiger partial charge in [0.05, 0.1) is 6.26 Å². The summed E-state index contributed by atoms with van der Waals surface area (Å²) in [5.41, 5.74) is 1.40. The fraction of sp³-hybridized carbons (Fsp3) is 0.750. The van der Waals surface area contributed by atoms with Crippen molar-refractivity contribution in [2.24, 2.45) is 0 Å². The summed E-state index contributed by atoms with van der Waals surface area (Å²) in [6, 6.07) is 2.66. The van der Waals surface area contributed by atoms with Crippen LogP contribution in [0, 0.1) is 0 Å². The normalized spacial score (nSPS) is 24.8. The molecule has 1 fully saturated rings. The zero-order chi connectivity index (χ0) is 13.8. The van der Waals surface area contributed by atoms with E-state index in [2.05, 4.69) is 28.2 Å². The summed E-state index contributed by atoms with van der Waals surface area (Å²) in [7, 11) is 2.21. The average Bonchev–Trinajstić information content (AvgIpc) is 2.94. The molecule has 1 aromatic rings. The van der Waals surface area contributed by atoms with E-state index in [1.807, 2.05) is 6.26 Å². The van der Waals surface area contributed by atoms with E-state index in [0.717, 1.165) is 13.0 Å². The highest BCUT2D eigenvalue weighted by Gasteiger charge is 2.21. The van der Waals surface area contributed by atoms with Crippen molar-refractivity contribution in [3.8, 4) is 0 Å². The number of aryl methyl sites for hydroxylation is 1. The molecule has 1 saturated heterocycles. The molecule has 112 valence electrons. The molecule has 2 heterocycles. The number of likely N-dealkylation sites (N-methyl/N-ethyl adjacent to an activating group) is 1. The van der Waals surface area contributed by atoms with Gasteiger partial charge in [-0.05, 0) is 45.5 Å². The summed E-state index contributed by atoms with van der Waals surface area (Å²) in [6.07, 6.45) is 6.70. The third kappa shape index (κ3) is 3.43. The van der Waals surface area contributed by atoms with E-state index in [9.17, 15) is 0 Å². The minimum atomic E-state index is 0.519. The van der Waals surface area contributed by atoms with E-state index in [-0.39, 0.29) is 0 Å². The Balaban J connectivity index is 1.37. The molecule has 2 aliphatic rings. The molecule has 1 aromatic heterocycles. The molecule has 4 heteroatoms. The molecule has 20 heavy (non-hydrogen) atoms. The van der Waals surface area contributed by atoms with Crippen molar-refractivity contribution in [1.29, 1.82) is 0 Å². The van der Waals surface area contributed by atoms with Crippen LogP contribution in [0.25, 0.3) is 0 Å². The molecule has 1 N–H and O–H groups in total. The van der Waals surface area contributed by atoms with Crippen LogP contribution in [0.3, 0.4) is 0 Å². The number of piperazine rings is 1. The Morgan fingerprint density at radius 3 is 3.00 bits per heavy atom. The summed E-state index contributed by atoms with van der Waals surface area (Å²) in [6.45, 7) is 7.23. The van der Waals surface area contributed by atoms with Crippen LogP contribution in [0.2, 0.25) is 0 Å². The third-order valence-corrected chi connectivity index (χ3v) is 4.69. The van der Waals surface area contributed by atoms with E-state index in [1.54, 1.807) is 0 Å². The van der Waals surface area contributed by atoms with Crippen molar-refractivity contribution in [2.75, 3.05) is 46.3 Å². The minimum absolute atomic E-state index is 0.519. The van der Waals surface area contributed by atoms with Crippen molar-refractivity contribution in [1.82, 2.24) is 15.1 Å². The molecule has 3 rings (SSSR count). The lowest BCUT2D eigenvalue weighted by molar-refractivity contribution is 0.152. The lowest BCUT2D eigenvalue weighted by Crippen LogP contribution is -2.45. The second-order valence-corrected chi connectivity index (χ2v) is 6.20. The largest absolute Gasteiger partial charge is 0.469 e. The number of rotatable bonds is 5. The maximum absolute atomic E-state index is 5.54. The van der Waals surface area contributed by atoms with E-state index < -0.39 is 0 Å². The minimum Gasteiger partial charge on any atom is -0.469 e. The van der Waals surface area contributed by atoms with Crippen LogP contribution in [0.4, 0.5) is 0 Å². The highest BCUT2D eigenvalue weighted by atomic mass is 16.3. The van der Waals surface area contributed by atoms with Gasteiger partial charge in [-0.1, -0.05) is 0 Å². The SMILES string of the molecule is CN1CCN(CCCNC2CCCc3occc32)CC1. The topological polar surface area (TPSA) is 31.6 Å². The molecule has 0 spiro atoms. The maximum Gasteiger partial charge on any atom is 0.108 e. The zero-order valence-corrected chi connectivity index (χ0v) is 12.6. The molecule has 1 aliphatic carbocycles. The molecule has 0 amide bonds. The Kier molecular flexibility index (Phi) is 4.76. The van der Waals surface area contributed by atoms with Crippen LogP contribution in [0.5, 0.6) is 0 Å². The summed E-state index contributed by atoms with van der Waals surface area (Å²) < 4.78 is 5.54. The van der Waals surface area contributed by atoms with Crippen LogP contribution in [0.1, 0.15) is 36.6 Å². The van der Waals surface area contributed by atoms with Gasteiger partial charge in [-0.2, -0.15) is 0 Å². The van der Waals surface area contributed by atoms with Crippen LogP contribution in [0.15, 0.2) is 16.7 Å². The molecule has 1 atom stereocenters. The number of furan rings is 1. The van der Waals surface area contributed by atoms with Gasteiger partial charge in [0.15, 0.2) is 0 Å². The van der Waals surface area contributed by atoms with Gasteiger partial charge in [-0.3, -0.25) is 0 Å². The van der Waals surface area contributed by atoms with Gasteiger partial charge in [-0.15, -0.1) is 0 Å². The van der Waals surface area contributed by atoms with Crippen LogP contribution >= 0.6 is 0 Å². The fourth-order valence-electron chi connectivity index (χ4n) is 3.35. The molecule has 0 aromatic carbocycles. The molecular formula is C16H27N3O. The molecule has 1 unspecified atom stereocenters. The van der Waals surface area contributed by atoms with Gasteiger partial charge in [0, 0.05) is 44.2 Å². The Bertz CT molecular complexity index is 410. The molecule has 4 nitrogen and oxygen atoms in total. The van der Waals surface area contributed by atoms with E-state index >= 15 is 0 Å². The van der Waals surface area contributed by atoms with Crippen molar-refractivity contribution in [2.45, 2.75) is 31.7 Å². The van der Waals surface area contributed by atoms with Crippen LogP contribution in [-0.2, 0) is 6.42 Å². The third-order valence-electron chi connectivity index (χ3n) is 4.69. The monoisotopic (exact) mass is 277 g/mol. The van der Waals surface area contributed by atoms with Gasteiger partial charge < -0.3 is 19.5 Å². The molecule has 0 saturated carbocycles. The highest BCUT2D eigenvalue weighted by molar-refractivity contribution is 5.23. The average molecular weight is 277 g/mol. The van der Waals surface area contributed by atoms with Crippen molar-refractivity contribution in [3.05, 3.63) is 23.7 Å². The summed E-state index contributed by atoms with van der Waals surface area (Å²) in [4.78, 5) is 5.00. The first-order chi connectivity index (χ1) is 9.83. The predicted molar refractivity (Wildman–Crippen MR) is 80.9 cm³/mol. The molecule has 0 bridgehead atoms. The number of nitrogens with zero attached hydrogens (tertiary/aromatic N) is 2. The van der Waals surface area contributed by atoms with Gasteiger partial charge in [0.1, 0.15) is 5.76 Å². The van der Waals surface area contributed by atoms with E-state index in [4.69, 9.17) is 4.42 Å². The maximum atomic E-state index is 5.54. The number of nitrogens with one attached hydrogen (secondary N) is 1. The van der Waals surface area contributed by atoms with Crippen molar-refractivity contribution in [3.63, 3.8) is 0 Å². The van der Waals surface area contributed by atoms with E-state index in [0.29, 0.717) is 6.04 Å². The van der Waals surface area contributed by atoms with Gasteiger partial charge in [0.2, 0.25) is 0 Å². The summed E-state index contributed by atoms with van der Waals surface area (Å²) >= 11 is 0. The zero-order valence-electron chi connectivity index (χ0n) is 12.6. The van der Waals surface area contributed by atoms with E-state index in [1.165, 1.54) is 63.3 Å². The van der Waals surface area contributed by atoms with Crippen molar-refractivity contribution < 1.29 is 4.42 Å².